The predicted octanol–water partition coefficient (Wildman–Crippen LogP) is 2.72. The van der Waals surface area contributed by atoms with Gasteiger partial charge in [-0.25, -0.2) is 4.98 Å². The average Bonchev–Trinajstić information content (AvgIpc) is 2.45. The molecule has 0 bridgehead atoms. The van der Waals surface area contributed by atoms with Crippen LogP contribution in [-0.4, -0.2) is 15.6 Å². The van der Waals surface area contributed by atoms with Crippen LogP contribution in [0.2, 0.25) is 0 Å². The Morgan fingerprint density at radius 1 is 1.47 bits per heavy atom. The smallest absolute Gasteiger partial charge is 0.202 e. The van der Waals surface area contributed by atoms with Gasteiger partial charge >= 0.3 is 0 Å². The molecule has 1 aromatic heterocycles. The number of rotatable bonds is 2. The number of nitrogens with zero attached hydrogens (tertiary/aromatic N) is 2. The molecule has 1 heterocycles. The Hall–Kier alpha value is -0.990. The quantitative estimate of drug-likeness (QED) is 0.808. The Morgan fingerprint density at radius 2 is 2.27 bits per heavy atom. The van der Waals surface area contributed by atoms with Crippen molar-refractivity contribution in [1.29, 1.82) is 0 Å². The van der Waals surface area contributed by atoms with Gasteiger partial charge in [0.15, 0.2) is 0 Å². The summed E-state index contributed by atoms with van der Waals surface area (Å²) in [7, 11) is 2.05. The molecule has 0 spiro atoms. The molecular weight excluding hydrogens is 186 g/mol. The summed E-state index contributed by atoms with van der Waals surface area (Å²) in [5, 5.41) is 3.55. The predicted molar refractivity (Wildman–Crippen MR) is 63.0 cm³/mol. The second-order valence-corrected chi connectivity index (χ2v) is 4.93. The third-order valence-electron chi connectivity index (χ3n) is 3.27. The molecule has 0 aromatic carbocycles. The fourth-order valence-electron chi connectivity index (χ4n) is 2.50. The fraction of sp³-hybridized carbons (Fsp3) is 0.750. The van der Waals surface area contributed by atoms with E-state index in [0.717, 1.165) is 17.6 Å². The molecule has 1 fully saturated rings. The van der Waals surface area contributed by atoms with Crippen molar-refractivity contribution in [1.82, 2.24) is 9.55 Å². The van der Waals surface area contributed by atoms with Crippen molar-refractivity contribution in [2.24, 2.45) is 13.0 Å². The van der Waals surface area contributed by atoms with Gasteiger partial charge in [-0.3, -0.25) is 0 Å². The zero-order valence-electron chi connectivity index (χ0n) is 9.95. The van der Waals surface area contributed by atoms with Crippen LogP contribution in [0.4, 0.5) is 5.95 Å². The summed E-state index contributed by atoms with van der Waals surface area (Å²) in [4.78, 5) is 4.48. The van der Waals surface area contributed by atoms with Crippen LogP contribution in [0, 0.1) is 12.8 Å². The highest BCUT2D eigenvalue weighted by molar-refractivity contribution is 5.29. The zero-order chi connectivity index (χ0) is 10.8. The van der Waals surface area contributed by atoms with Crippen molar-refractivity contribution < 1.29 is 0 Å². The molecular formula is C12H21N3. The first-order valence-corrected chi connectivity index (χ1v) is 5.91. The van der Waals surface area contributed by atoms with Crippen molar-refractivity contribution in [3.63, 3.8) is 0 Å². The van der Waals surface area contributed by atoms with Crippen LogP contribution in [0.15, 0.2) is 6.20 Å². The van der Waals surface area contributed by atoms with Crippen LogP contribution in [0.1, 0.15) is 38.3 Å². The summed E-state index contributed by atoms with van der Waals surface area (Å²) in [6.45, 7) is 4.38. The van der Waals surface area contributed by atoms with Gasteiger partial charge < -0.3 is 9.88 Å². The van der Waals surface area contributed by atoms with Gasteiger partial charge in [-0.1, -0.05) is 19.8 Å². The second kappa shape index (κ2) is 4.25. The molecule has 0 amide bonds. The highest BCUT2D eigenvalue weighted by Gasteiger charge is 2.19. The number of aromatic nitrogens is 2. The first-order valence-electron chi connectivity index (χ1n) is 5.91. The normalized spacial score (nSPS) is 26.6. The third kappa shape index (κ3) is 2.52. The standard InChI is InChI=1S/C12H21N3/c1-9-5-4-6-11(7-9)14-12-13-10(2)8-15(12)3/h8-9,11H,4-7H2,1-3H3,(H,13,14). The molecule has 1 aliphatic carbocycles. The average molecular weight is 207 g/mol. The lowest BCUT2D eigenvalue weighted by atomic mass is 9.87. The number of hydrogen-bond acceptors (Lipinski definition) is 2. The number of imidazole rings is 1. The lowest BCUT2D eigenvalue weighted by Gasteiger charge is -2.27. The maximum Gasteiger partial charge on any atom is 0.202 e. The van der Waals surface area contributed by atoms with E-state index in [1.165, 1.54) is 25.7 Å². The summed E-state index contributed by atoms with van der Waals surface area (Å²) >= 11 is 0. The van der Waals surface area contributed by atoms with Gasteiger partial charge in [-0.05, 0) is 25.7 Å². The van der Waals surface area contributed by atoms with Crippen LogP contribution < -0.4 is 5.32 Å². The first-order chi connectivity index (χ1) is 7.15. The van der Waals surface area contributed by atoms with Gasteiger partial charge in [-0.2, -0.15) is 0 Å². The first kappa shape index (κ1) is 10.5. The van der Waals surface area contributed by atoms with Gasteiger partial charge in [-0.15, -0.1) is 0 Å². The zero-order valence-corrected chi connectivity index (χ0v) is 9.95. The SMILES string of the molecule is Cc1cn(C)c(NC2CCCC(C)C2)n1. The molecule has 1 aliphatic rings. The molecule has 1 N–H and O–H groups in total. The summed E-state index contributed by atoms with van der Waals surface area (Å²) < 4.78 is 2.08. The molecule has 0 saturated heterocycles. The minimum Gasteiger partial charge on any atom is -0.353 e. The van der Waals surface area contributed by atoms with Crippen molar-refractivity contribution in [3.05, 3.63) is 11.9 Å². The van der Waals surface area contributed by atoms with Gasteiger partial charge in [0.2, 0.25) is 5.95 Å². The van der Waals surface area contributed by atoms with E-state index in [1.807, 2.05) is 6.92 Å². The molecule has 2 rings (SSSR count). The van der Waals surface area contributed by atoms with Crippen LogP contribution in [0.25, 0.3) is 0 Å². The number of anilines is 1. The highest BCUT2D eigenvalue weighted by Crippen LogP contribution is 2.25. The van der Waals surface area contributed by atoms with Crippen molar-refractivity contribution >= 4 is 5.95 Å². The van der Waals surface area contributed by atoms with Crippen molar-refractivity contribution in [2.45, 2.75) is 45.6 Å². The van der Waals surface area contributed by atoms with Crippen LogP contribution in [-0.2, 0) is 7.05 Å². The number of nitrogens with one attached hydrogen (secondary N) is 1. The van der Waals surface area contributed by atoms with Crippen molar-refractivity contribution in [3.8, 4) is 0 Å². The lowest BCUT2D eigenvalue weighted by molar-refractivity contribution is 0.357. The fourth-order valence-corrected chi connectivity index (χ4v) is 2.50. The topological polar surface area (TPSA) is 29.9 Å². The Balaban J connectivity index is 1.99. The van der Waals surface area contributed by atoms with Gasteiger partial charge in [0, 0.05) is 19.3 Å². The second-order valence-electron chi connectivity index (χ2n) is 4.93. The summed E-state index contributed by atoms with van der Waals surface area (Å²) in [6, 6.07) is 0.620. The van der Waals surface area contributed by atoms with Crippen LogP contribution in [0.3, 0.4) is 0 Å². The Bertz CT molecular complexity index is 330. The van der Waals surface area contributed by atoms with E-state index < -0.39 is 0 Å². The third-order valence-corrected chi connectivity index (χ3v) is 3.27. The van der Waals surface area contributed by atoms with Crippen molar-refractivity contribution in [2.75, 3.05) is 5.32 Å². The van der Waals surface area contributed by atoms with E-state index in [4.69, 9.17) is 0 Å². The molecule has 1 saturated carbocycles. The molecule has 3 nitrogen and oxygen atoms in total. The summed E-state index contributed by atoms with van der Waals surface area (Å²) in [5.74, 6) is 1.88. The molecule has 0 aliphatic heterocycles. The molecule has 1 aromatic rings. The molecule has 2 unspecified atom stereocenters. The number of hydrogen-bond donors (Lipinski definition) is 1. The Kier molecular flexibility index (Phi) is 2.98. The number of aryl methyl sites for hydroxylation is 2. The van der Waals surface area contributed by atoms with Gasteiger partial charge in [0.05, 0.1) is 5.69 Å². The maximum absolute atomic E-state index is 4.48. The maximum atomic E-state index is 4.48. The van der Waals surface area contributed by atoms with Crippen LogP contribution in [0.5, 0.6) is 0 Å². The Labute approximate surface area is 91.9 Å². The highest BCUT2D eigenvalue weighted by atomic mass is 15.2. The summed E-state index contributed by atoms with van der Waals surface area (Å²) in [6.07, 6.45) is 7.37. The van der Waals surface area contributed by atoms with E-state index in [-0.39, 0.29) is 0 Å². The molecule has 84 valence electrons. The van der Waals surface area contributed by atoms with E-state index >= 15 is 0 Å². The summed E-state index contributed by atoms with van der Waals surface area (Å²) in [5.41, 5.74) is 1.09. The molecule has 2 atom stereocenters. The molecule has 15 heavy (non-hydrogen) atoms. The van der Waals surface area contributed by atoms with Gasteiger partial charge in [0.25, 0.3) is 0 Å². The van der Waals surface area contributed by atoms with E-state index in [2.05, 4.69) is 35.0 Å². The van der Waals surface area contributed by atoms with Crippen LogP contribution >= 0.6 is 0 Å². The monoisotopic (exact) mass is 207 g/mol. The Morgan fingerprint density at radius 3 is 2.87 bits per heavy atom. The van der Waals surface area contributed by atoms with Gasteiger partial charge in [0.1, 0.15) is 0 Å². The van der Waals surface area contributed by atoms with E-state index in [0.29, 0.717) is 6.04 Å². The van der Waals surface area contributed by atoms with E-state index in [1.54, 1.807) is 0 Å². The largest absolute Gasteiger partial charge is 0.353 e. The minimum absolute atomic E-state index is 0.620. The molecule has 0 radical (unpaired) electrons. The van der Waals surface area contributed by atoms with E-state index in [9.17, 15) is 0 Å². The molecule has 3 heteroatoms. The lowest BCUT2D eigenvalue weighted by Crippen LogP contribution is -2.27. The minimum atomic E-state index is 0.620.